The van der Waals surface area contributed by atoms with Crippen LogP contribution in [0.3, 0.4) is 0 Å². The van der Waals surface area contributed by atoms with Gasteiger partial charge in [0, 0.05) is 17.8 Å². The number of alkyl halides is 3. The van der Waals surface area contributed by atoms with Crippen LogP contribution >= 0.6 is 11.6 Å². The molecule has 2 aromatic carbocycles. The van der Waals surface area contributed by atoms with Crippen LogP contribution in [0.2, 0.25) is 5.02 Å². The van der Waals surface area contributed by atoms with Crippen molar-refractivity contribution in [3.8, 4) is 11.8 Å². The second-order valence-corrected chi connectivity index (χ2v) is 8.47. The third-order valence-corrected chi connectivity index (χ3v) is 5.73. The Morgan fingerprint density at radius 3 is 2.43 bits per heavy atom. The van der Waals surface area contributed by atoms with Crippen LogP contribution in [0.25, 0.3) is 0 Å². The number of carbonyl (C=O) groups excluding carboxylic acids is 1. The number of hydrogen-bond donors (Lipinski definition) is 1. The predicted molar refractivity (Wildman–Crippen MR) is 103 cm³/mol. The summed E-state index contributed by atoms with van der Waals surface area (Å²) in [5, 5.41) is 11.8. The molecule has 30 heavy (non-hydrogen) atoms. The van der Waals surface area contributed by atoms with Crippen LogP contribution < -0.4 is 10.1 Å². The standard InChI is InChI=1S/C18H15ClF3N3O4S/c1-25(30(27,28)15-5-2-13(19)3-6-15)10-17(26)24-14-4-7-16(12(8-14)9-23)29-11-18(20,21)22/h2-8H,10-11H2,1H3,(H,24,26). The largest absolute Gasteiger partial charge is 0.483 e. The van der Waals surface area contributed by atoms with Crippen molar-refractivity contribution in [1.29, 1.82) is 5.26 Å². The van der Waals surface area contributed by atoms with Gasteiger partial charge in [0.05, 0.1) is 17.0 Å². The second-order valence-electron chi connectivity index (χ2n) is 5.99. The number of rotatable bonds is 7. The highest BCUT2D eigenvalue weighted by Gasteiger charge is 2.29. The molecule has 1 amide bonds. The van der Waals surface area contributed by atoms with Crippen molar-refractivity contribution in [2.45, 2.75) is 11.1 Å². The van der Waals surface area contributed by atoms with E-state index in [1.54, 1.807) is 6.07 Å². The van der Waals surface area contributed by atoms with Gasteiger partial charge in [-0.1, -0.05) is 11.6 Å². The minimum absolute atomic E-state index is 0.0554. The fraction of sp³-hybridized carbons (Fsp3) is 0.222. The van der Waals surface area contributed by atoms with E-state index in [9.17, 15) is 26.4 Å². The minimum Gasteiger partial charge on any atom is -0.483 e. The van der Waals surface area contributed by atoms with Gasteiger partial charge in [0.1, 0.15) is 11.8 Å². The number of hydrogen-bond acceptors (Lipinski definition) is 5. The highest BCUT2D eigenvalue weighted by molar-refractivity contribution is 7.89. The highest BCUT2D eigenvalue weighted by Crippen LogP contribution is 2.25. The van der Waals surface area contributed by atoms with Gasteiger partial charge in [-0.2, -0.15) is 22.7 Å². The second kappa shape index (κ2) is 9.34. The molecule has 0 saturated heterocycles. The fourth-order valence-electron chi connectivity index (χ4n) is 2.25. The molecule has 0 unspecified atom stereocenters. The summed E-state index contributed by atoms with van der Waals surface area (Å²) in [4.78, 5) is 12.1. The number of ether oxygens (including phenoxy) is 1. The first-order chi connectivity index (χ1) is 13.9. The molecule has 0 heterocycles. The summed E-state index contributed by atoms with van der Waals surface area (Å²) < 4.78 is 67.1. The average Bonchev–Trinajstić information content (AvgIpc) is 2.66. The number of amides is 1. The Morgan fingerprint density at radius 2 is 1.87 bits per heavy atom. The van der Waals surface area contributed by atoms with Crippen LogP contribution in [0.1, 0.15) is 5.56 Å². The van der Waals surface area contributed by atoms with Gasteiger partial charge in [0.25, 0.3) is 0 Å². The predicted octanol–water partition coefficient (Wildman–Crippen LogP) is 3.41. The molecule has 2 rings (SSSR count). The van der Waals surface area contributed by atoms with Crippen molar-refractivity contribution < 1.29 is 31.1 Å². The molecular formula is C18H15ClF3N3O4S. The molecule has 0 saturated carbocycles. The molecule has 0 radical (unpaired) electrons. The molecule has 0 aliphatic rings. The van der Waals surface area contributed by atoms with Crippen molar-refractivity contribution in [1.82, 2.24) is 4.31 Å². The minimum atomic E-state index is -4.57. The number of nitrogens with one attached hydrogen (secondary N) is 1. The summed E-state index contributed by atoms with van der Waals surface area (Å²) in [5.41, 5.74) is -0.132. The number of carbonyl (C=O) groups is 1. The zero-order chi connectivity index (χ0) is 22.5. The van der Waals surface area contributed by atoms with Crippen LogP contribution in [0, 0.1) is 11.3 Å². The lowest BCUT2D eigenvalue weighted by Crippen LogP contribution is -2.34. The van der Waals surface area contributed by atoms with E-state index in [2.05, 4.69) is 10.1 Å². The lowest BCUT2D eigenvalue weighted by atomic mass is 10.2. The number of nitrogens with zero attached hydrogens (tertiary/aromatic N) is 2. The van der Waals surface area contributed by atoms with Crippen molar-refractivity contribution in [3.63, 3.8) is 0 Å². The van der Waals surface area contributed by atoms with Gasteiger partial charge in [0.15, 0.2) is 6.61 Å². The highest BCUT2D eigenvalue weighted by atomic mass is 35.5. The molecular weight excluding hydrogens is 447 g/mol. The number of likely N-dealkylation sites (N-methyl/N-ethyl adjacent to an activating group) is 1. The zero-order valence-corrected chi connectivity index (χ0v) is 17.0. The van der Waals surface area contributed by atoms with Crippen LogP contribution in [-0.4, -0.2) is 45.0 Å². The molecule has 7 nitrogen and oxygen atoms in total. The monoisotopic (exact) mass is 461 g/mol. The van der Waals surface area contributed by atoms with E-state index >= 15 is 0 Å². The summed E-state index contributed by atoms with van der Waals surface area (Å²) in [7, 11) is -2.74. The van der Waals surface area contributed by atoms with Crippen LogP contribution in [0.5, 0.6) is 5.75 Å². The van der Waals surface area contributed by atoms with E-state index in [0.29, 0.717) is 5.02 Å². The van der Waals surface area contributed by atoms with Crippen molar-refractivity contribution in [2.75, 3.05) is 25.5 Å². The topological polar surface area (TPSA) is 99.5 Å². The zero-order valence-electron chi connectivity index (χ0n) is 15.4. The summed E-state index contributed by atoms with van der Waals surface area (Å²) in [5.74, 6) is -1.02. The SMILES string of the molecule is CN(CC(=O)Nc1ccc(OCC(F)(F)F)c(C#N)c1)S(=O)(=O)c1ccc(Cl)cc1. The summed E-state index contributed by atoms with van der Waals surface area (Å²) in [6.07, 6.45) is -4.57. The lowest BCUT2D eigenvalue weighted by Gasteiger charge is -2.17. The summed E-state index contributed by atoms with van der Waals surface area (Å²) >= 11 is 5.73. The van der Waals surface area contributed by atoms with E-state index in [4.69, 9.17) is 16.9 Å². The molecule has 0 aliphatic heterocycles. The number of nitriles is 1. The Labute approximate surface area is 175 Å². The smallest absolute Gasteiger partial charge is 0.422 e. The summed E-state index contributed by atoms with van der Waals surface area (Å²) in [6.45, 7) is -2.11. The number of sulfonamides is 1. The average molecular weight is 462 g/mol. The van der Waals surface area contributed by atoms with E-state index in [0.717, 1.165) is 16.4 Å². The van der Waals surface area contributed by atoms with Gasteiger partial charge < -0.3 is 10.1 Å². The molecule has 0 aliphatic carbocycles. The molecule has 0 atom stereocenters. The number of benzene rings is 2. The van der Waals surface area contributed by atoms with Gasteiger partial charge >= 0.3 is 6.18 Å². The van der Waals surface area contributed by atoms with E-state index in [1.807, 2.05) is 0 Å². The van der Waals surface area contributed by atoms with E-state index < -0.39 is 35.3 Å². The third-order valence-electron chi connectivity index (χ3n) is 3.66. The Hall–Kier alpha value is -2.81. The van der Waals surface area contributed by atoms with Crippen LogP contribution in [-0.2, 0) is 14.8 Å². The van der Waals surface area contributed by atoms with E-state index in [1.165, 1.54) is 37.4 Å². The molecule has 2 aromatic rings. The van der Waals surface area contributed by atoms with Crippen LogP contribution in [0.15, 0.2) is 47.4 Å². The van der Waals surface area contributed by atoms with Crippen molar-refractivity contribution in [2.24, 2.45) is 0 Å². The first-order valence-corrected chi connectivity index (χ1v) is 9.99. The summed E-state index contributed by atoms with van der Waals surface area (Å²) in [6, 6.07) is 10.5. The third kappa shape index (κ3) is 6.35. The molecule has 1 N–H and O–H groups in total. The van der Waals surface area contributed by atoms with Gasteiger partial charge in [-0.05, 0) is 42.5 Å². The van der Waals surface area contributed by atoms with Crippen molar-refractivity contribution in [3.05, 3.63) is 53.1 Å². The van der Waals surface area contributed by atoms with Gasteiger partial charge in [0.2, 0.25) is 15.9 Å². The Morgan fingerprint density at radius 1 is 1.23 bits per heavy atom. The fourth-order valence-corrected chi connectivity index (χ4v) is 3.51. The molecule has 0 aromatic heterocycles. The van der Waals surface area contributed by atoms with Gasteiger partial charge in [-0.15, -0.1) is 0 Å². The maximum absolute atomic E-state index is 12.5. The molecule has 0 fully saturated rings. The Kier molecular flexibility index (Phi) is 7.30. The molecule has 0 spiro atoms. The maximum Gasteiger partial charge on any atom is 0.422 e. The normalized spacial score (nSPS) is 11.8. The molecule has 12 heteroatoms. The Balaban J connectivity index is 2.07. The van der Waals surface area contributed by atoms with Crippen LogP contribution in [0.4, 0.5) is 18.9 Å². The first-order valence-electron chi connectivity index (χ1n) is 8.18. The number of anilines is 1. The van der Waals surface area contributed by atoms with E-state index in [-0.39, 0.29) is 21.9 Å². The quantitative estimate of drug-likeness (QED) is 0.681. The van der Waals surface area contributed by atoms with Gasteiger partial charge in [-0.3, -0.25) is 4.79 Å². The molecule has 160 valence electrons. The van der Waals surface area contributed by atoms with Gasteiger partial charge in [-0.25, -0.2) is 8.42 Å². The number of halogens is 4. The Bertz CT molecular complexity index is 1070. The lowest BCUT2D eigenvalue weighted by molar-refractivity contribution is -0.153. The van der Waals surface area contributed by atoms with Crippen molar-refractivity contribution >= 4 is 33.2 Å². The maximum atomic E-state index is 12.5. The first kappa shape index (κ1) is 23.5. The molecule has 0 bridgehead atoms.